The number of hydrogen-bond acceptors (Lipinski definition) is 5. The third kappa shape index (κ3) is 3.56. The van der Waals surface area contributed by atoms with Crippen molar-refractivity contribution in [1.29, 1.82) is 0 Å². The molecule has 0 N–H and O–H groups in total. The lowest BCUT2D eigenvalue weighted by Gasteiger charge is -2.22. The highest BCUT2D eigenvalue weighted by Gasteiger charge is 2.36. The number of benzene rings is 2. The molecule has 6 nitrogen and oxygen atoms in total. The fourth-order valence-electron chi connectivity index (χ4n) is 3.42. The van der Waals surface area contributed by atoms with E-state index in [0.717, 1.165) is 16.9 Å². The molecule has 0 bridgehead atoms. The fourth-order valence-corrected chi connectivity index (χ4v) is 3.42. The van der Waals surface area contributed by atoms with E-state index in [-0.39, 0.29) is 11.9 Å². The monoisotopic (exact) mass is 363 g/mol. The lowest BCUT2D eigenvalue weighted by Crippen LogP contribution is -2.27. The third-order valence-electron chi connectivity index (χ3n) is 4.84. The number of amides is 1. The maximum absolute atomic E-state index is 12.4. The van der Waals surface area contributed by atoms with Crippen molar-refractivity contribution in [3.8, 4) is 17.1 Å². The Morgan fingerprint density at radius 3 is 2.78 bits per heavy atom. The molecule has 0 saturated carbocycles. The predicted octanol–water partition coefficient (Wildman–Crippen LogP) is 3.92. The summed E-state index contributed by atoms with van der Waals surface area (Å²) < 4.78 is 10.7. The summed E-state index contributed by atoms with van der Waals surface area (Å²) in [6.45, 7) is 2.59. The number of ether oxygens (including phenoxy) is 1. The molecule has 1 aliphatic rings. The Hall–Kier alpha value is -3.15. The van der Waals surface area contributed by atoms with Gasteiger partial charge in [0, 0.05) is 18.5 Å². The van der Waals surface area contributed by atoms with Gasteiger partial charge < -0.3 is 14.2 Å². The van der Waals surface area contributed by atoms with Gasteiger partial charge in [-0.25, -0.2) is 0 Å². The van der Waals surface area contributed by atoms with Crippen molar-refractivity contribution in [2.75, 3.05) is 7.11 Å². The Kier molecular flexibility index (Phi) is 4.62. The standard InChI is InChI=1S/C21H21N3O3/c1-14-4-3-5-15(12-14)13-24-18(10-11-19(24)25)21-22-20(23-27-21)16-6-8-17(26-2)9-7-16/h3-9,12,18H,10-11,13H2,1-2H3. The summed E-state index contributed by atoms with van der Waals surface area (Å²) in [6.07, 6.45) is 1.19. The molecule has 1 aliphatic heterocycles. The van der Waals surface area contributed by atoms with E-state index in [4.69, 9.17) is 9.26 Å². The molecule has 6 heteroatoms. The first kappa shape index (κ1) is 17.3. The molecule has 1 amide bonds. The zero-order chi connectivity index (χ0) is 18.8. The highest BCUT2D eigenvalue weighted by molar-refractivity contribution is 5.78. The van der Waals surface area contributed by atoms with Gasteiger partial charge in [-0.05, 0) is 43.2 Å². The number of methoxy groups -OCH3 is 1. The highest BCUT2D eigenvalue weighted by atomic mass is 16.5. The SMILES string of the molecule is COc1ccc(-c2noc(C3CCC(=O)N3Cc3cccc(C)c3)n2)cc1. The number of aromatic nitrogens is 2. The van der Waals surface area contributed by atoms with Crippen molar-refractivity contribution in [3.63, 3.8) is 0 Å². The van der Waals surface area contributed by atoms with Crippen LogP contribution in [0.1, 0.15) is 35.9 Å². The molecule has 1 saturated heterocycles. The Balaban J connectivity index is 1.56. The van der Waals surface area contributed by atoms with E-state index in [1.54, 1.807) is 7.11 Å². The van der Waals surface area contributed by atoms with Crippen LogP contribution in [0.15, 0.2) is 53.1 Å². The quantitative estimate of drug-likeness (QED) is 0.687. The zero-order valence-electron chi connectivity index (χ0n) is 15.4. The lowest BCUT2D eigenvalue weighted by atomic mass is 10.1. The van der Waals surface area contributed by atoms with Crippen molar-refractivity contribution in [2.45, 2.75) is 32.4 Å². The Bertz CT molecular complexity index is 949. The highest BCUT2D eigenvalue weighted by Crippen LogP contribution is 2.34. The molecule has 0 radical (unpaired) electrons. The maximum atomic E-state index is 12.4. The normalized spacial score (nSPS) is 16.7. The average molecular weight is 363 g/mol. The van der Waals surface area contributed by atoms with Crippen LogP contribution in [0.4, 0.5) is 0 Å². The molecule has 138 valence electrons. The minimum atomic E-state index is -0.183. The van der Waals surface area contributed by atoms with Gasteiger partial charge in [0.15, 0.2) is 0 Å². The number of aryl methyl sites for hydroxylation is 1. The number of nitrogens with zero attached hydrogens (tertiary/aromatic N) is 3. The second-order valence-electron chi connectivity index (χ2n) is 6.75. The van der Waals surface area contributed by atoms with Crippen LogP contribution < -0.4 is 4.74 Å². The topological polar surface area (TPSA) is 68.5 Å². The summed E-state index contributed by atoms with van der Waals surface area (Å²) in [5, 5.41) is 4.10. The second-order valence-corrected chi connectivity index (χ2v) is 6.75. The van der Waals surface area contributed by atoms with Crippen molar-refractivity contribution >= 4 is 5.91 Å². The van der Waals surface area contributed by atoms with E-state index in [1.807, 2.05) is 54.3 Å². The molecule has 3 aromatic rings. The minimum absolute atomic E-state index is 0.116. The smallest absolute Gasteiger partial charge is 0.249 e. The van der Waals surface area contributed by atoms with Gasteiger partial charge in [0.05, 0.1) is 7.11 Å². The number of rotatable bonds is 5. The molecule has 0 spiro atoms. The summed E-state index contributed by atoms with van der Waals surface area (Å²) in [5.41, 5.74) is 3.13. The summed E-state index contributed by atoms with van der Waals surface area (Å²) in [5.74, 6) is 1.89. The first-order chi connectivity index (χ1) is 13.1. The molecular formula is C21H21N3O3. The summed E-state index contributed by atoms with van der Waals surface area (Å²) in [7, 11) is 1.63. The van der Waals surface area contributed by atoms with Gasteiger partial charge in [-0.15, -0.1) is 0 Å². The second kappa shape index (κ2) is 7.23. The number of carbonyl (C=O) groups is 1. The van der Waals surface area contributed by atoms with Crippen LogP contribution in [0.3, 0.4) is 0 Å². The van der Waals surface area contributed by atoms with Gasteiger partial charge in [-0.3, -0.25) is 4.79 Å². The van der Waals surface area contributed by atoms with Crippen LogP contribution in [-0.4, -0.2) is 28.1 Å². The third-order valence-corrected chi connectivity index (χ3v) is 4.84. The van der Waals surface area contributed by atoms with Crippen molar-refractivity contribution in [1.82, 2.24) is 15.0 Å². The van der Waals surface area contributed by atoms with Gasteiger partial charge >= 0.3 is 0 Å². The molecule has 4 rings (SSSR count). The van der Waals surface area contributed by atoms with Crippen LogP contribution in [0, 0.1) is 6.92 Å². The molecule has 1 unspecified atom stereocenters. The maximum Gasteiger partial charge on any atom is 0.249 e. The van der Waals surface area contributed by atoms with Crippen molar-refractivity contribution in [3.05, 3.63) is 65.5 Å². The van der Waals surface area contributed by atoms with Crippen LogP contribution in [0.25, 0.3) is 11.4 Å². The van der Waals surface area contributed by atoms with E-state index < -0.39 is 0 Å². The Morgan fingerprint density at radius 2 is 2.04 bits per heavy atom. The first-order valence-electron chi connectivity index (χ1n) is 8.97. The van der Waals surface area contributed by atoms with Crippen LogP contribution >= 0.6 is 0 Å². The average Bonchev–Trinajstić information content (AvgIpc) is 3.30. The van der Waals surface area contributed by atoms with Gasteiger partial charge in [0.1, 0.15) is 11.8 Å². The largest absolute Gasteiger partial charge is 0.497 e. The molecule has 27 heavy (non-hydrogen) atoms. The van der Waals surface area contributed by atoms with Crippen LogP contribution in [0.5, 0.6) is 5.75 Å². The van der Waals surface area contributed by atoms with Gasteiger partial charge in [-0.1, -0.05) is 35.0 Å². The molecule has 1 fully saturated rings. The predicted molar refractivity (Wildman–Crippen MR) is 100.0 cm³/mol. The van der Waals surface area contributed by atoms with E-state index in [2.05, 4.69) is 16.2 Å². The molecule has 1 atom stereocenters. The van der Waals surface area contributed by atoms with Crippen molar-refractivity contribution < 1.29 is 14.1 Å². The van der Waals surface area contributed by atoms with Crippen LogP contribution in [0.2, 0.25) is 0 Å². The van der Waals surface area contributed by atoms with E-state index in [1.165, 1.54) is 5.56 Å². The molecule has 0 aliphatic carbocycles. The Morgan fingerprint density at radius 1 is 1.22 bits per heavy atom. The first-order valence-corrected chi connectivity index (χ1v) is 8.97. The van der Waals surface area contributed by atoms with E-state index in [0.29, 0.717) is 31.1 Å². The van der Waals surface area contributed by atoms with Gasteiger partial charge in [0.2, 0.25) is 17.6 Å². The summed E-state index contributed by atoms with van der Waals surface area (Å²) in [6, 6.07) is 15.5. The van der Waals surface area contributed by atoms with Crippen molar-refractivity contribution in [2.24, 2.45) is 0 Å². The number of likely N-dealkylation sites (tertiary alicyclic amines) is 1. The fraction of sp³-hybridized carbons (Fsp3) is 0.286. The van der Waals surface area contributed by atoms with Gasteiger partial charge in [0.25, 0.3) is 0 Å². The van der Waals surface area contributed by atoms with Crippen LogP contribution in [-0.2, 0) is 11.3 Å². The summed E-state index contributed by atoms with van der Waals surface area (Å²) in [4.78, 5) is 18.8. The molecule has 2 aromatic carbocycles. The number of hydrogen-bond donors (Lipinski definition) is 0. The zero-order valence-corrected chi connectivity index (χ0v) is 15.4. The van der Waals surface area contributed by atoms with E-state index in [9.17, 15) is 4.79 Å². The minimum Gasteiger partial charge on any atom is -0.497 e. The number of carbonyl (C=O) groups excluding carboxylic acids is 1. The summed E-state index contributed by atoms with van der Waals surface area (Å²) >= 11 is 0. The Labute approximate surface area is 157 Å². The van der Waals surface area contributed by atoms with Gasteiger partial charge in [-0.2, -0.15) is 4.98 Å². The molecular weight excluding hydrogens is 342 g/mol. The van der Waals surface area contributed by atoms with E-state index >= 15 is 0 Å². The molecule has 2 heterocycles. The molecule has 1 aromatic heterocycles. The lowest BCUT2D eigenvalue weighted by molar-refractivity contribution is -0.129.